The molecule has 1 amide bonds. The smallest absolute Gasteiger partial charge is 0.252 e. The van der Waals surface area contributed by atoms with Crippen LogP contribution in [0.1, 0.15) is 30.1 Å². The molecule has 0 aromatic heterocycles. The number of halogens is 1. The van der Waals surface area contributed by atoms with E-state index in [1.54, 1.807) is 24.3 Å². The molecule has 27 heavy (non-hydrogen) atoms. The summed E-state index contributed by atoms with van der Waals surface area (Å²) in [5, 5.41) is 19.0. The highest BCUT2D eigenvalue weighted by Crippen LogP contribution is 2.32. The Balaban J connectivity index is 1.81. The SMILES string of the molecule is CCNC(=NCC1(CCO)CCOC1)NCCNC(=O)c1ccccc1Cl. The van der Waals surface area contributed by atoms with Crippen LogP contribution in [0.25, 0.3) is 0 Å². The summed E-state index contributed by atoms with van der Waals surface area (Å²) in [4.78, 5) is 16.8. The number of carbonyl (C=O) groups is 1. The van der Waals surface area contributed by atoms with Gasteiger partial charge in [-0.3, -0.25) is 9.79 Å². The first-order valence-corrected chi connectivity index (χ1v) is 9.71. The Bertz CT molecular complexity index is 633. The van der Waals surface area contributed by atoms with E-state index in [9.17, 15) is 9.90 Å². The van der Waals surface area contributed by atoms with Gasteiger partial charge in [0.25, 0.3) is 5.91 Å². The molecule has 1 aromatic rings. The van der Waals surface area contributed by atoms with Gasteiger partial charge in [0.05, 0.1) is 23.7 Å². The molecule has 8 heteroatoms. The number of amides is 1. The summed E-state index contributed by atoms with van der Waals surface area (Å²) in [5.74, 6) is 0.489. The molecule has 2 rings (SSSR count). The van der Waals surface area contributed by atoms with Crippen LogP contribution in [0.2, 0.25) is 5.02 Å². The van der Waals surface area contributed by atoms with Crippen LogP contribution >= 0.6 is 11.6 Å². The van der Waals surface area contributed by atoms with Crippen LogP contribution in [0.5, 0.6) is 0 Å². The molecule has 1 atom stereocenters. The Labute approximate surface area is 165 Å². The number of benzene rings is 1. The molecule has 1 unspecified atom stereocenters. The molecule has 7 nitrogen and oxygen atoms in total. The van der Waals surface area contributed by atoms with Crippen molar-refractivity contribution in [1.29, 1.82) is 0 Å². The molecule has 0 spiro atoms. The first-order chi connectivity index (χ1) is 13.1. The van der Waals surface area contributed by atoms with Gasteiger partial charge in [-0.2, -0.15) is 0 Å². The van der Waals surface area contributed by atoms with E-state index in [0.29, 0.717) is 55.8 Å². The van der Waals surface area contributed by atoms with E-state index in [0.717, 1.165) is 13.0 Å². The van der Waals surface area contributed by atoms with E-state index in [4.69, 9.17) is 16.3 Å². The van der Waals surface area contributed by atoms with E-state index in [-0.39, 0.29) is 17.9 Å². The fourth-order valence-electron chi connectivity index (χ4n) is 2.97. The van der Waals surface area contributed by atoms with Gasteiger partial charge in [-0.15, -0.1) is 0 Å². The van der Waals surface area contributed by atoms with Gasteiger partial charge >= 0.3 is 0 Å². The molecule has 1 aliphatic rings. The minimum Gasteiger partial charge on any atom is -0.396 e. The molecular formula is C19H29ClN4O3. The average molecular weight is 397 g/mol. The van der Waals surface area contributed by atoms with Crippen molar-refractivity contribution in [2.45, 2.75) is 19.8 Å². The third-order valence-electron chi connectivity index (χ3n) is 4.57. The Morgan fingerprint density at radius 2 is 2.07 bits per heavy atom. The molecule has 4 N–H and O–H groups in total. The molecule has 1 heterocycles. The van der Waals surface area contributed by atoms with Crippen LogP contribution in [-0.2, 0) is 4.74 Å². The monoisotopic (exact) mass is 396 g/mol. The van der Waals surface area contributed by atoms with Gasteiger partial charge in [0.1, 0.15) is 0 Å². The summed E-state index contributed by atoms with van der Waals surface area (Å²) < 4.78 is 5.50. The molecule has 1 aliphatic heterocycles. The number of ether oxygens (including phenoxy) is 1. The molecule has 150 valence electrons. The first-order valence-electron chi connectivity index (χ1n) is 9.34. The highest BCUT2D eigenvalue weighted by atomic mass is 35.5. The van der Waals surface area contributed by atoms with Crippen LogP contribution < -0.4 is 16.0 Å². The van der Waals surface area contributed by atoms with E-state index < -0.39 is 0 Å². The molecule has 0 radical (unpaired) electrons. The maximum absolute atomic E-state index is 12.1. The number of guanidine groups is 1. The zero-order chi connectivity index (χ0) is 19.5. The van der Waals surface area contributed by atoms with Crippen LogP contribution in [0.3, 0.4) is 0 Å². The van der Waals surface area contributed by atoms with Gasteiger partial charge in [0.2, 0.25) is 0 Å². The summed E-state index contributed by atoms with van der Waals surface area (Å²) in [6.07, 6.45) is 1.59. The van der Waals surface area contributed by atoms with Crippen LogP contribution in [0.4, 0.5) is 0 Å². The second-order valence-electron chi connectivity index (χ2n) is 6.63. The summed E-state index contributed by atoms with van der Waals surface area (Å²) in [7, 11) is 0. The van der Waals surface area contributed by atoms with Crippen LogP contribution in [0.15, 0.2) is 29.3 Å². The number of hydrogen-bond donors (Lipinski definition) is 4. The number of rotatable bonds is 9. The third-order valence-corrected chi connectivity index (χ3v) is 4.89. The molecule has 1 aromatic carbocycles. The summed E-state index contributed by atoms with van der Waals surface area (Å²) in [6, 6.07) is 6.96. The Hall–Kier alpha value is -1.83. The average Bonchev–Trinajstić information content (AvgIpc) is 3.12. The zero-order valence-electron chi connectivity index (χ0n) is 15.8. The van der Waals surface area contributed by atoms with Crippen molar-refractivity contribution in [3.63, 3.8) is 0 Å². The van der Waals surface area contributed by atoms with Crippen LogP contribution in [-0.4, -0.2) is 63.0 Å². The third kappa shape index (κ3) is 6.68. The Kier molecular flexibility index (Phi) is 8.84. The van der Waals surface area contributed by atoms with Gasteiger partial charge in [0.15, 0.2) is 5.96 Å². The number of nitrogens with zero attached hydrogens (tertiary/aromatic N) is 1. The van der Waals surface area contributed by atoms with E-state index in [2.05, 4.69) is 20.9 Å². The van der Waals surface area contributed by atoms with Crippen molar-refractivity contribution in [2.24, 2.45) is 10.4 Å². The number of carbonyl (C=O) groups excluding carboxylic acids is 1. The van der Waals surface area contributed by atoms with Gasteiger partial charge < -0.3 is 25.8 Å². The normalized spacial score (nSPS) is 19.7. The fourth-order valence-corrected chi connectivity index (χ4v) is 3.20. The van der Waals surface area contributed by atoms with E-state index in [1.165, 1.54) is 0 Å². The van der Waals surface area contributed by atoms with Gasteiger partial charge in [-0.05, 0) is 31.9 Å². The molecule has 0 bridgehead atoms. The number of aliphatic imine (C=N–C) groups is 1. The minimum absolute atomic E-state index is 0.0879. The van der Waals surface area contributed by atoms with Gasteiger partial charge in [-0.1, -0.05) is 23.7 Å². The molecule has 1 saturated heterocycles. The van der Waals surface area contributed by atoms with Gasteiger partial charge in [0, 0.05) is 38.3 Å². The van der Waals surface area contributed by atoms with E-state index in [1.807, 2.05) is 6.92 Å². The Morgan fingerprint density at radius 3 is 2.74 bits per heavy atom. The summed E-state index contributed by atoms with van der Waals surface area (Å²) >= 11 is 6.03. The standard InChI is InChI=1S/C19H29ClN4O3/c1-2-21-18(24-13-19(7-11-25)8-12-27-14-19)23-10-9-22-17(26)15-5-3-4-6-16(15)20/h3-6,25H,2,7-14H2,1H3,(H,22,26)(H2,21,23,24). The Morgan fingerprint density at radius 1 is 1.30 bits per heavy atom. The van der Waals surface area contributed by atoms with Crippen molar-refractivity contribution < 1.29 is 14.6 Å². The molecule has 0 aliphatic carbocycles. The second kappa shape index (κ2) is 11.1. The molecule has 0 saturated carbocycles. The zero-order valence-corrected chi connectivity index (χ0v) is 16.5. The molecular weight excluding hydrogens is 368 g/mol. The van der Waals surface area contributed by atoms with Crippen LogP contribution in [0, 0.1) is 5.41 Å². The van der Waals surface area contributed by atoms with Gasteiger partial charge in [-0.25, -0.2) is 0 Å². The summed E-state index contributed by atoms with van der Waals surface area (Å²) in [5.41, 5.74) is 0.377. The number of aliphatic hydroxyl groups is 1. The highest BCUT2D eigenvalue weighted by molar-refractivity contribution is 6.33. The lowest BCUT2D eigenvalue weighted by molar-refractivity contribution is 0.0954. The number of hydrogen-bond acceptors (Lipinski definition) is 4. The molecule has 1 fully saturated rings. The maximum atomic E-state index is 12.1. The summed E-state index contributed by atoms with van der Waals surface area (Å²) in [6.45, 7) is 5.79. The van der Waals surface area contributed by atoms with Crippen molar-refractivity contribution in [2.75, 3.05) is 46.0 Å². The highest BCUT2D eigenvalue weighted by Gasteiger charge is 2.34. The second-order valence-corrected chi connectivity index (χ2v) is 7.04. The van der Waals surface area contributed by atoms with Crippen molar-refractivity contribution in [3.05, 3.63) is 34.9 Å². The lowest BCUT2D eigenvalue weighted by Gasteiger charge is -2.24. The predicted molar refractivity (Wildman–Crippen MR) is 107 cm³/mol. The largest absolute Gasteiger partial charge is 0.396 e. The predicted octanol–water partition coefficient (Wildman–Crippen LogP) is 1.41. The quantitative estimate of drug-likeness (QED) is 0.287. The maximum Gasteiger partial charge on any atom is 0.252 e. The number of aliphatic hydroxyl groups excluding tert-OH is 1. The number of nitrogens with one attached hydrogen (secondary N) is 3. The van der Waals surface area contributed by atoms with Crippen molar-refractivity contribution in [3.8, 4) is 0 Å². The van der Waals surface area contributed by atoms with Crippen molar-refractivity contribution >= 4 is 23.5 Å². The lowest BCUT2D eigenvalue weighted by Crippen LogP contribution is -2.42. The lowest BCUT2D eigenvalue weighted by atomic mass is 9.84. The minimum atomic E-state index is -0.200. The fraction of sp³-hybridized carbons (Fsp3) is 0.579. The topological polar surface area (TPSA) is 95.0 Å². The van der Waals surface area contributed by atoms with E-state index >= 15 is 0 Å². The first kappa shape index (κ1) is 21.5. The van der Waals surface area contributed by atoms with Crippen molar-refractivity contribution in [1.82, 2.24) is 16.0 Å².